The molecule has 1 aromatic carbocycles. The number of anilines is 2. The molecule has 19 heteroatoms. The Kier molecular flexibility index (Phi) is 10.3. The van der Waals surface area contributed by atoms with Crippen LogP contribution in [-0.4, -0.2) is 95.3 Å². The van der Waals surface area contributed by atoms with E-state index >= 15 is 0 Å². The Morgan fingerprint density at radius 3 is 2.42 bits per heavy atom. The molecule has 4 aromatic heterocycles. The number of pyridine rings is 1. The summed E-state index contributed by atoms with van der Waals surface area (Å²) in [7, 11) is 1.72. The zero-order valence-electron chi connectivity index (χ0n) is 32.8. The minimum Gasteiger partial charge on any atom is -0.504 e. The number of rotatable bonds is 7. The maximum Gasteiger partial charge on any atom is 0.416 e. The van der Waals surface area contributed by atoms with Gasteiger partial charge in [-0.3, -0.25) is 14.4 Å². The first-order chi connectivity index (χ1) is 28.1. The van der Waals surface area contributed by atoms with Gasteiger partial charge in [-0.15, -0.1) is 5.10 Å². The Morgan fingerprint density at radius 1 is 1.03 bits per heavy atom. The lowest BCUT2D eigenvalue weighted by Gasteiger charge is -2.39. The quantitative estimate of drug-likeness (QED) is 0.207. The van der Waals surface area contributed by atoms with E-state index in [4.69, 9.17) is 31.4 Å². The van der Waals surface area contributed by atoms with Gasteiger partial charge in [0.15, 0.2) is 17.3 Å². The number of methoxy groups -OCH3 is 1. The van der Waals surface area contributed by atoms with Gasteiger partial charge in [0.2, 0.25) is 11.7 Å². The molecule has 2 saturated heterocycles. The van der Waals surface area contributed by atoms with Crippen molar-refractivity contribution < 1.29 is 32.6 Å². The first-order valence-corrected chi connectivity index (χ1v) is 19.7. The average molecular weight is 835 g/mol. The number of carbonyl (C=O) groups excluding carboxylic acids is 2. The van der Waals surface area contributed by atoms with Crippen molar-refractivity contribution in [1.29, 1.82) is 0 Å². The van der Waals surface area contributed by atoms with Crippen LogP contribution in [0.15, 0.2) is 41.5 Å². The Hall–Kier alpha value is -5.62. The van der Waals surface area contributed by atoms with Gasteiger partial charge in [0.05, 0.1) is 33.8 Å². The van der Waals surface area contributed by atoms with E-state index in [0.29, 0.717) is 41.8 Å². The van der Waals surface area contributed by atoms with Crippen molar-refractivity contribution in [2.75, 3.05) is 43.5 Å². The average Bonchev–Trinajstić information content (AvgIpc) is 3.77. The van der Waals surface area contributed by atoms with Crippen LogP contribution in [-0.2, 0) is 27.7 Å². The zero-order valence-corrected chi connectivity index (χ0v) is 33.6. The van der Waals surface area contributed by atoms with Crippen LogP contribution in [0.5, 0.6) is 5.75 Å². The monoisotopic (exact) mass is 834 g/mol. The summed E-state index contributed by atoms with van der Waals surface area (Å²) in [6.07, 6.45) is -0.0906. The third kappa shape index (κ3) is 7.25. The number of fused-ring (bicyclic) bond motifs is 3. The van der Waals surface area contributed by atoms with Crippen LogP contribution >= 0.6 is 11.6 Å². The predicted octanol–water partition coefficient (Wildman–Crippen LogP) is 5.67. The zero-order chi connectivity index (χ0) is 42.0. The summed E-state index contributed by atoms with van der Waals surface area (Å²) in [6, 6.07) is 6.43. The lowest BCUT2D eigenvalue weighted by Crippen LogP contribution is -2.46. The molecule has 0 saturated carbocycles. The number of halogens is 4. The van der Waals surface area contributed by atoms with Crippen molar-refractivity contribution in [1.82, 2.24) is 39.0 Å². The van der Waals surface area contributed by atoms with Gasteiger partial charge in [-0.05, 0) is 82.2 Å². The third-order valence-electron chi connectivity index (χ3n) is 12.0. The molecule has 1 spiro atoms. The molecule has 0 bridgehead atoms. The maximum atomic E-state index is 14.8. The van der Waals surface area contributed by atoms with Crippen molar-refractivity contribution >= 4 is 40.7 Å². The lowest BCUT2D eigenvalue weighted by molar-refractivity contribution is -0.137. The molecule has 2 N–H and O–H groups in total. The normalized spacial score (nSPS) is 18.1. The number of likely N-dealkylation sites (tertiary alicyclic amines) is 1. The first kappa shape index (κ1) is 40.2. The molecule has 1 aliphatic carbocycles. The largest absolute Gasteiger partial charge is 0.504 e. The van der Waals surface area contributed by atoms with Gasteiger partial charge >= 0.3 is 6.18 Å². The van der Waals surface area contributed by atoms with E-state index in [1.807, 2.05) is 26.0 Å². The number of hydrogen-bond acceptors (Lipinski definition) is 11. The molecule has 15 nitrogen and oxygen atoms in total. The van der Waals surface area contributed by atoms with Crippen LogP contribution in [0.3, 0.4) is 0 Å². The number of nitrogens with one attached hydrogen (secondary N) is 1. The van der Waals surface area contributed by atoms with Gasteiger partial charge in [0.25, 0.3) is 11.5 Å². The highest BCUT2D eigenvalue weighted by Gasteiger charge is 2.49. The number of benzene rings is 1. The topological polar surface area (TPSA) is 173 Å². The Labute approximate surface area is 341 Å². The minimum atomic E-state index is -4.62. The van der Waals surface area contributed by atoms with Gasteiger partial charge in [-0.25, -0.2) is 15.0 Å². The molecule has 310 valence electrons. The number of alkyl halides is 3. The summed E-state index contributed by atoms with van der Waals surface area (Å²) in [5.74, 6) is -0.463. The van der Waals surface area contributed by atoms with Gasteiger partial charge in [-0.2, -0.15) is 22.7 Å². The molecule has 6 heterocycles. The van der Waals surface area contributed by atoms with Crippen molar-refractivity contribution in [3.8, 4) is 17.1 Å². The summed E-state index contributed by atoms with van der Waals surface area (Å²) in [5.41, 5.74) is 0.400. The van der Waals surface area contributed by atoms with Crippen LogP contribution in [0.25, 0.3) is 17.2 Å². The molecule has 1 unspecified atom stereocenters. The first-order valence-electron chi connectivity index (χ1n) is 19.3. The molecule has 59 heavy (non-hydrogen) atoms. The van der Waals surface area contributed by atoms with Crippen LogP contribution < -0.4 is 15.8 Å². The van der Waals surface area contributed by atoms with Gasteiger partial charge < -0.3 is 29.5 Å². The second kappa shape index (κ2) is 15.2. The van der Waals surface area contributed by atoms with E-state index in [2.05, 4.69) is 20.2 Å². The molecule has 2 aliphatic heterocycles. The molecule has 0 radical (unpaired) electrons. The molecule has 2 fully saturated rings. The summed E-state index contributed by atoms with van der Waals surface area (Å²) < 4.78 is 48.5. The number of aryl methyl sites for hydroxylation is 2. The number of ether oxygens (including phenoxy) is 1. The molecule has 8 rings (SSSR count). The standard InChI is InChI=1S/C40H42ClF3N10O5/c1-21-18-39(11-15-52(16-12-39)37(58)32-34(56)23(3)45-20-46-32)31-33(21)53(19-30(55)48-28-7-5-24(17-27(28)41)40(42,43)44)38-49-35(50-54(38)36(31)57)26-6-8-29(47-22(26)2)51-13-9-25(59-4)10-14-51/h5-8,17,20-21,25,56H,9-16,18-19H2,1-4H3,(H,48,55). The number of hydrogen-bond donors (Lipinski definition) is 2. The van der Waals surface area contributed by atoms with Crippen molar-refractivity contribution in [2.24, 2.45) is 0 Å². The van der Waals surface area contributed by atoms with E-state index < -0.39 is 34.5 Å². The second-order valence-electron chi connectivity index (χ2n) is 15.6. The third-order valence-corrected chi connectivity index (χ3v) is 12.3. The number of piperidine rings is 2. The summed E-state index contributed by atoms with van der Waals surface area (Å²) >= 11 is 6.21. The molecule has 3 aliphatic rings. The Balaban J connectivity index is 1.17. The van der Waals surface area contributed by atoms with Gasteiger partial charge in [0, 0.05) is 55.5 Å². The molecule has 2 amide bonds. The SMILES string of the molecule is COC1CCN(c2ccc(-c3nc4n(CC(=O)Nc5ccc(C(F)(F)F)cc5Cl)c5c(c(=O)n4n3)C3(CCN(C(=O)c4ncnc(C)c4O)CC3)CC5C)c(C)n2)CC1. The fourth-order valence-electron chi connectivity index (χ4n) is 8.91. The molecule has 5 aromatic rings. The van der Waals surface area contributed by atoms with Crippen LogP contribution in [0, 0.1) is 13.8 Å². The number of aromatic nitrogens is 7. The van der Waals surface area contributed by atoms with Crippen LogP contribution in [0.2, 0.25) is 5.02 Å². The lowest BCUT2D eigenvalue weighted by atomic mass is 9.73. The molecular formula is C40H42ClF3N10O5. The summed E-state index contributed by atoms with van der Waals surface area (Å²) in [5, 5.41) is 17.6. The summed E-state index contributed by atoms with van der Waals surface area (Å²) in [6.45, 7) is 7.12. The number of amides is 2. The Bertz CT molecular complexity index is 2540. The molecule has 1 atom stereocenters. The fraction of sp³-hybridized carbons (Fsp3) is 0.450. The predicted molar refractivity (Wildman–Crippen MR) is 211 cm³/mol. The van der Waals surface area contributed by atoms with Crippen molar-refractivity contribution in [3.63, 3.8) is 0 Å². The van der Waals surface area contributed by atoms with Crippen LogP contribution in [0.4, 0.5) is 24.7 Å². The van der Waals surface area contributed by atoms with Gasteiger partial charge in [-0.1, -0.05) is 18.5 Å². The Morgan fingerprint density at radius 2 is 1.76 bits per heavy atom. The number of aromatic hydroxyl groups is 1. The maximum absolute atomic E-state index is 14.8. The molecular weight excluding hydrogens is 793 g/mol. The van der Waals surface area contributed by atoms with E-state index in [9.17, 15) is 32.7 Å². The highest BCUT2D eigenvalue weighted by Crippen LogP contribution is 2.50. The number of nitrogens with zero attached hydrogens (tertiary/aromatic N) is 9. The fourth-order valence-corrected chi connectivity index (χ4v) is 9.14. The highest BCUT2D eigenvalue weighted by atomic mass is 35.5. The van der Waals surface area contributed by atoms with E-state index in [1.165, 1.54) is 10.8 Å². The smallest absolute Gasteiger partial charge is 0.416 e. The minimum absolute atomic E-state index is 0.0137. The van der Waals surface area contributed by atoms with Crippen molar-refractivity contribution in [2.45, 2.75) is 83.0 Å². The second-order valence-corrected chi connectivity index (χ2v) is 16.0. The van der Waals surface area contributed by atoms with E-state index in [-0.39, 0.29) is 71.1 Å². The highest BCUT2D eigenvalue weighted by molar-refractivity contribution is 6.33. The van der Waals surface area contributed by atoms with Crippen molar-refractivity contribution in [3.05, 3.63) is 85.9 Å². The number of carbonyl (C=O) groups is 2. The van der Waals surface area contributed by atoms with Crippen LogP contribution in [0.1, 0.15) is 83.6 Å². The summed E-state index contributed by atoms with van der Waals surface area (Å²) in [4.78, 5) is 63.6. The van der Waals surface area contributed by atoms with E-state index in [1.54, 1.807) is 23.5 Å². The van der Waals surface area contributed by atoms with Gasteiger partial charge in [0.1, 0.15) is 18.7 Å². The van der Waals surface area contributed by atoms with E-state index in [0.717, 1.165) is 49.9 Å².